The van der Waals surface area contributed by atoms with Crippen molar-refractivity contribution < 1.29 is 4.79 Å². The molecule has 2 aromatic rings. The Hall–Kier alpha value is -1.76. The van der Waals surface area contributed by atoms with Crippen molar-refractivity contribution in [1.82, 2.24) is 21.2 Å². The smallest absolute Gasteiger partial charge is 0.220 e. The minimum Gasteiger partial charge on any atom is -0.347 e. The lowest BCUT2D eigenvalue weighted by Crippen LogP contribution is -2.35. The predicted molar refractivity (Wildman–Crippen MR) is 96.4 cm³/mol. The van der Waals surface area contributed by atoms with Crippen LogP contribution in [0.5, 0.6) is 0 Å². The Morgan fingerprint density at radius 2 is 2.04 bits per heavy atom. The van der Waals surface area contributed by atoms with Crippen molar-refractivity contribution in [2.24, 2.45) is 5.92 Å². The average molecular weight is 344 g/mol. The van der Waals surface area contributed by atoms with Gasteiger partial charge >= 0.3 is 0 Å². The van der Waals surface area contributed by atoms with Crippen molar-refractivity contribution in [3.8, 4) is 0 Å². The number of rotatable bonds is 6. The van der Waals surface area contributed by atoms with Crippen LogP contribution in [-0.4, -0.2) is 23.0 Å². The van der Waals surface area contributed by atoms with Crippen LogP contribution in [0, 0.1) is 5.92 Å². The van der Waals surface area contributed by atoms with E-state index in [0.29, 0.717) is 6.42 Å². The number of thiophene rings is 1. The summed E-state index contributed by atoms with van der Waals surface area (Å²) in [5.74, 6) is 0.368. The van der Waals surface area contributed by atoms with Crippen molar-refractivity contribution >= 4 is 17.2 Å². The van der Waals surface area contributed by atoms with Crippen LogP contribution in [0.1, 0.15) is 36.9 Å². The molecule has 1 aliphatic rings. The third kappa shape index (κ3) is 4.20. The first kappa shape index (κ1) is 17.1. The van der Waals surface area contributed by atoms with Crippen molar-refractivity contribution in [2.45, 2.75) is 44.8 Å². The highest BCUT2D eigenvalue weighted by Crippen LogP contribution is 2.22. The fourth-order valence-electron chi connectivity index (χ4n) is 3.17. The second-order valence-corrected chi connectivity index (χ2v) is 7.42. The predicted octanol–water partition coefficient (Wildman–Crippen LogP) is 2.43. The Balaban J connectivity index is 1.68. The molecule has 0 spiro atoms. The largest absolute Gasteiger partial charge is 0.347 e. The number of nitrogens with one attached hydrogen (secondary N) is 3. The highest BCUT2D eigenvalue weighted by molar-refractivity contribution is 7.09. The van der Waals surface area contributed by atoms with Gasteiger partial charge in [-0.25, -0.2) is 0 Å². The van der Waals surface area contributed by atoms with Gasteiger partial charge < -0.3 is 5.32 Å². The maximum absolute atomic E-state index is 12.6. The molecule has 1 saturated heterocycles. The van der Waals surface area contributed by atoms with Crippen molar-refractivity contribution in [2.75, 3.05) is 0 Å². The summed E-state index contributed by atoms with van der Waals surface area (Å²) in [7, 11) is 0. The van der Waals surface area contributed by atoms with E-state index in [1.807, 2.05) is 24.3 Å². The summed E-state index contributed by atoms with van der Waals surface area (Å²) in [4.78, 5) is 18.3. The molecule has 1 aliphatic heterocycles. The fraction of sp³-hybridized carbons (Fsp3) is 0.444. The van der Waals surface area contributed by atoms with E-state index in [1.54, 1.807) is 17.5 Å². The molecule has 3 heterocycles. The quantitative estimate of drug-likeness (QED) is 0.753. The summed E-state index contributed by atoms with van der Waals surface area (Å²) in [5.41, 5.74) is 7.32. The number of hydrazine groups is 1. The zero-order valence-corrected chi connectivity index (χ0v) is 14.8. The molecule has 1 amide bonds. The maximum Gasteiger partial charge on any atom is 0.220 e. The third-order valence-electron chi connectivity index (χ3n) is 4.61. The zero-order valence-electron chi connectivity index (χ0n) is 14.0. The molecule has 2 aromatic heterocycles. The fourth-order valence-corrected chi connectivity index (χ4v) is 3.92. The Morgan fingerprint density at radius 1 is 1.25 bits per heavy atom. The van der Waals surface area contributed by atoms with Gasteiger partial charge in [0.1, 0.15) is 0 Å². The molecular formula is C18H24N4OS. The van der Waals surface area contributed by atoms with Crippen molar-refractivity contribution in [3.05, 3.63) is 52.5 Å². The number of pyridine rings is 1. The number of amides is 1. The van der Waals surface area contributed by atoms with E-state index >= 15 is 0 Å². The van der Waals surface area contributed by atoms with Crippen LogP contribution in [0.25, 0.3) is 0 Å². The molecule has 5 nitrogen and oxygen atoms in total. The van der Waals surface area contributed by atoms with Gasteiger partial charge in [-0.3, -0.25) is 20.6 Å². The molecular weight excluding hydrogens is 320 g/mol. The van der Waals surface area contributed by atoms with Crippen LogP contribution < -0.4 is 16.2 Å². The molecule has 0 aliphatic carbocycles. The first-order valence-electron chi connectivity index (χ1n) is 8.37. The van der Waals surface area contributed by atoms with Crippen LogP contribution >= 0.6 is 11.3 Å². The lowest BCUT2D eigenvalue weighted by molar-refractivity contribution is -0.123. The van der Waals surface area contributed by atoms with Gasteiger partial charge in [0.2, 0.25) is 5.91 Å². The van der Waals surface area contributed by atoms with E-state index in [9.17, 15) is 4.79 Å². The third-order valence-corrected chi connectivity index (χ3v) is 5.51. The molecule has 3 atom stereocenters. The molecule has 3 N–H and O–H groups in total. The number of hydrogen-bond acceptors (Lipinski definition) is 5. The summed E-state index contributed by atoms with van der Waals surface area (Å²) in [6, 6.07) is 10.5. The Bertz CT molecular complexity index is 636. The number of aromatic nitrogens is 1. The molecule has 24 heavy (non-hydrogen) atoms. The first-order chi connectivity index (χ1) is 11.6. The molecule has 0 aromatic carbocycles. The van der Waals surface area contributed by atoms with Gasteiger partial charge in [-0.2, -0.15) is 0 Å². The van der Waals surface area contributed by atoms with Crippen LogP contribution in [-0.2, 0) is 11.2 Å². The summed E-state index contributed by atoms with van der Waals surface area (Å²) >= 11 is 1.71. The SMILES string of the molecule is CC1NNC(C)C1CC(=O)NC(Cc1cccs1)c1ccccn1. The average Bonchev–Trinajstić information content (AvgIpc) is 3.20. The molecule has 1 fully saturated rings. The van der Waals surface area contributed by atoms with E-state index in [0.717, 1.165) is 12.1 Å². The van der Waals surface area contributed by atoms with E-state index in [4.69, 9.17) is 0 Å². The van der Waals surface area contributed by atoms with E-state index < -0.39 is 0 Å². The van der Waals surface area contributed by atoms with E-state index in [-0.39, 0.29) is 30.0 Å². The van der Waals surface area contributed by atoms with Gasteiger partial charge in [0, 0.05) is 41.9 Å². The topological polar surface area (TPSA) is 66.0 Å². The number of carbonyl (C=O) groups excluding carboxylic acids is 1. The van der Waals surface area contributed by atoms with Gasteiger partial charge in [-0.15, -0.1) is 11.3 Å². The second kappa shape index (κ2) is 7.88. The summed E-state index contributed by atoms with van der Waals surface area (Å²) < 4.78 is 0. The molecule has 0 saturated carbocycles. The standard InChI is InChI=1S/C18H24N4OS/c1-12-15(13(2)22-21-12)11-18(23)20-17(10-14-6-5-9-24-14)16-7-3-4-8-19-16/h3-9,12-13,15,17,21-22H,10-11H2,1-2H3,(H,20,23). The van der Waals surface area contributed by atoms with Crippen LogP contribution in [0.4, 0.5) is 0 Å². The van der Waals surface area contributed by atoms with Gasteiger partial charge in [0.25, 0.3) is 0 Å². The zero-order chi connectivity index (χ0) is 16.9. The lowest BCUT2D eigenvalue weighted by atomic mass is 9.92. The number of nitrogens with zero attached hydrogens (tertiary/aromatic N) is 1. The van der Waals surface area contributed by atoms with Crippen LogP contribution in [0.15, 0.2) is 41.9 Å². The minimum absolute atomic E-state index is 0.0800. The Kier molecular flexibility index (Phi) is 5.60. The van der Waals surface area contributed by atoms with E-state index in [2.05, 4.69) is 46.4 Å². The molecule has 6 heteroatoms. The van der Waals surface area contributed by atoms with Crippen molar-refractivity contribution in [1.29, 1.82) is 0 Å². The second-order valence-electron chi connectivity index (χ2n) is 6.39. The molecule has 3 unspecified atom stereocenters. The number of carbonyl (C=O) groups is 1. The van der Waals surface area contributed by atoms with Gasteiger partial charge in [0.05, 0.1) is 11.7 Å². The lowest BCUT2D eigenvalue weighted by Gasteiger charge is -2.21. The van der Waals surface area contributed by atoms with Gasteiger partial charge in [-0.05, 0) is 37.4 Å². The minimum atomic E-state index is -0.0923. The number of hydrogen-bond donors (Lipinski definition) is 3. The van der Waals surface area contributed by atoms with Crippen molar-refractivity contribution in [3.63, 3.8) is 0 Å². The maximum atomic E-state index is 12.6. The summed E-state index contributed by atoms with van der Waals surface area (Å²) in [5, 5.41) is 5.25. The summed E-state index contributed by atoms with van der Waals surface area (Å²) in [6.07, 6.45) is 3.06. The molecule has 128 valence electrons. The Morgan fingerprint density at radius 3 is 2.67 bits per heavy atom. The summed E-state index contributed by atoms with van der Waals surface area (Å²) in [6.45, 7) is 4.21. The monoisotopic (exact) mass is 344 g/mol. The van der Waals surface area contributed by atoms with Gasteiger partial charge in [0.15, 0.2) is 0 Å². The first-order valence-corrected chi connectivity index (χ1v) is 9.25. The highest BCUT2D eigenvalue weighted by Gasteiger charge is 2.32. The molecule has 0 bridgehead atoms. The Labute approximate surface area is 146 Å². The van der Waals surface area contributed by atoms with Crippen LogP contribution in [0.2, 0.25) is 0 Å². The normalized spacial score (nSPS) is 24.7. The highest BCUT2D eigenvalue weighted by atomic mass is 32.1. The van der Waals surface area contributed by atoms with Gasteiger partial charge in [-0.1, -0.05) is 12.1 Å². The van der Waals surface area contributed by atoms with E-state index in [1.165, 1.54) is 4.88 Å². The molecule has 0 radical (unpaired) electrons. The van der Waals surface area contributed by atoms with Crippen LogP contribution in [0.3, 0.4) is 0 Å². The molecule has 3 rings (SSSR count).